The summed E-state index contributed by atoms with van der Waals surface area (Å²) in [5.74, 6) is -0.852. The van der Waals surface area contributed by atoms with Crippen LogP contribution in [0.25, 0.3) is 0 Å². The average molecular weight is 144 g/mol. The number of amides is 2. The summed E-state index contributed by atoms with van der Waals surface area (Å²) in [6, 6.07) is 0. The van der Waals surface area contributed by atoms with Crippen molar-refractivity contribution in [2.24, 2.45) is 0 Å². The maximum atomic E-state index is 10.5. The van der Waals surface area contributed by atoms with E-state index in [0.717, 1.165) is 0 Å². The van der Waals surface area contributed by atoms with Crippen LogP contribution < -0.4 is 10.6 Å². The molecule has 2 N–H and O–H groups in total. The van der Waals surface area contributed by atoms with Gasteiger partial charge in [-0.3, -0.25) is 14.9 Å². The van der Waals surface area contributed by atoms with Crippen molar-refractivity contribution in [2.45, 2.75) is 0 Å². The summed E-state index contributed by atoms with van der Waals surface area (Å²) in [6.45, 7) is 0.102. The van der Waals surface area contributed by atoms with Crippen molar-refractivity contribution in [2.75, 3.05) is 6.54 Å². The molecule has 0 radical (unpaired) electrons. The predicted molar refractivity (Wildman–Crippen MR) is 33.8 cm³/mol. The molecule has 9 heavy (non-hydrogen) atoms. The molecule has 5 heteroatoms. The molecule has 0 atom stereocenters. The van der Waals surface area contributed by atoms with Crippen LogP contribution in [0.2, 0.25) is 0 Å². The smallest absolute Gasteiger partial charge is 0.285 e. The third-order valence-electron chi connectivity index (χ3n) is 0.869. The Balaban J connectivity index is 2.64. The number of hydrogen-bond donors (Lipinski definition) is 2. The molecule has 0 bridgehead atoms. The molecule has 0 aromatic carbocycles. The van der Waals surface area contributed by atoms with Gasteiger partial charge in [0.25, 0.3) is 5.91 Å². The first-order chi connectivity index (χ1) is 4.20. The quantitative estimate of drug-likeness (QED) is 0.323. The van der Waals surface area contributed by atoms with Crippen LogP contribution in [0.3, 0.4) is 0 Å². The van der Waals surface area contributed by atoms with Gasteiger partial charge in [0, 0.05) is 0 Å². The zero-order chi connectivity index (χ0) is 6.85. The van der Waals surface area contributed by atoms with E-state index < -0.39 is 5.91 Å². The summed E-state index contributed by atoms with van der Waals surface area (Å²) < 4.78 is 0. The summed E-state index contributed by atoms with van der Waals surface area (Å²) in [5.41, 5.74) is 0. The van der Waals surface area contributed by atoms with E-state index in [2.05, 4.69) is 17.5 Å². The number of piperazine rings is 1. The lowest BCUT2D eigenvalue weighted by Crippen LogP contribution is -2.52. The van der Waals surface area contributed by atoms with E-state index in [1.165, 1.54) is 0 Å². The Morgan fingerprint density at radius 3 is 2.56 bits per heavy atom. The van der Waals surface area contributed by atoms with Gasteiger partial charge in [0.15, 0.2) is 4.99 Å². The number of hydrogen-bond acceptors (Lipinski definition) is 3. The lowest BCUT2D eigenvalue weighted by molar-refractivity contribution is -0.127. The maximum absolute atomic E-state index is 10.5. The fourth-order valence-corrected chi connectivity index (χ4v) is 0.592. The number of nitrogens with one attached hydrogen (secondary N) is 2. The lowest BCUT2D eigenvalue weighted by atomic mass is 10.4. The van der Waals surface area contributed by atoms with Crippen LogP contribution in [-0.4, -0.2) is 23.3 Å². The summed E-state index contributed by atoms with van der Waals surface area (Å²) in [6.07, 6.45) is 0. The van der Waals surface area contributed by atoms with Crippen LogP contribution in [0, 0.1) is 0 Å². The predicted octanol–water partition coefficient (Wildman–Crippen LogP) is -1.44. The van der Waals surface area contributed by atoms with Crippen LogP contribution in [-0.2, 0) is 9.59 Å². The van der Waals surface area contributed by atoms with Crippen molar-refractivity contribution in [1.29, 1.82) is 0 Å². The Morgan fingerprint density at radius 1 is 1.44 bits per heavy atom. The normalized spacial score (nSPS) is 18.9. The molecule has 0 spiro atoms. The molecule has 48 valence electrons. The summed E-state index contributed by atoms with van der Waals surface area (Å²) in [4.78, 5) is 20.9. The van der Waals surface area contributed by atoms with Crippen LogP contribution in [0.4, 0.5) is 0 Å². The number of rotatable bonds is 0. The van der Waals surface area contributed by atoms with Crippen molar-refractivity contribution in [3.05, 3.63) is 0 Å². The Bertz CT molecular complexity index is 189. The van der Waals surface area contributed by atoms with Gasteiger partial charge in [0.05, 0.1) is 6.54 Å². The van der Waals surface area contributed by atoms with Crippen LogP contribution >= 0.6 is 12.2 Å². The molecule has 0 aliphatic carbocycles. The van der Waals surface area contributed by atoms with Gasteiger partial charge in [-0.25, -0.2) is 0 Å². The highest BCUT2D eigenvalue weighted by Crippen LogP contribution is 1.80. The average Bonchev–Trinajstić information content (AvgIpc) is 1.80. The van der Waals surface area contributed by atoms with Crippen molar-refractivity contribution < 1.29 is 9.59 Å². The highest BCUT2D eigenvalue weighted by Gasteiger charge is 2.18. The van der Waals surface area contributed by atoms with Gasteiger partial charge in [-0.1, -0.05) is 12.2 Å². The molecule has 1 aliphatic rings. The fourth-order valence-electron chi connectivity index (χ4n) is 0.468. The summed E-state index contributed by atoms with van der Waals surface area (Å²) in [7, 11) is 0. The third-order valence-corrected chi connectivity index (χ3v) is 1.20. The monoisotopic (exact) mass is 144 g/mol. The number of thiocarbonyl (C=S) groups is 1. The molecule has 0 aromatic rings. The topological polar surface area (TPSA) is 58.2 Å². The van der Waals surface area contributed by atoms with E-state index in [1.54, 1.807) is 0 Å². The van der Waals surface area contributed by atoms with Crippen molar-refractivity contribution >= 4 is 29.0 Å². The minimum atomic E-state index is -0.513. The Hall–Kier alpha value is -0.970. The number of imide groups is 1. The minimum Gasteiger partial charge on any atom is -0.363 e. The first kappa shape index (κ1) is 6.15. The minimum absolute atomic E-state index is 0.0783. The molecule has 1 saturated heterocycles. The molecule has 0 unspecified atom stereocenters. The van der Waals surface area contributed by atoms with Crippen molar-refractivity contribution in [1.82, 2.24) is 10.6 Å². The van der Waals surface area contributed by atoms with E-state index in [4.69, 9.17) is 0 Å². The fraction of sp³-hybridized carbons (Fsp3) is 0.250. The highest BCUT2D eigenvalue weighted by molar-refractivity contribution is 7.82. The Morgan fingerprint density at radius 2 is 2.11 bits per heavy atom. The van der Waals surface area contributed by atoms with Gasteiger partial charge in [0.1, 0.15) is 0 Å². The first-order valence-electron chi connectivity index (χ1n) is 2.32. The standard InChI is InChI=1S/C4H4N2O2S/c7-2-1-5-4(9)3(8)6-2/h1H2,(H,5,9)(H,6,7,8). The van der Waals surface area contributed by atoms with E-state index in [-0.39, 0.29) is 17.4 Å². The zero-order valence-electron chi connectivity index (χ0n) is 4.43. The molecular weight excluding hydrogens is 140 g/mol. The maximum Gasteiger partial charge on any atom is 0.285 e. The van der Waals surface area contributed by atoms with Gasteiger partial charge in [-0.2, -0.15) is 0 Å². The van der Waals surface area contributed by atoms with Gasteiger partial charge < -0.3 is 5.32 Å². The molecule has 1 heterocycles. The van der Waals surface area contributed by atoms with Crippen molar-refractivity contribution in [3.8, 4) is 0 Å². The van der Waals surface area contributed by atoms with E-state index in [9.17, 15) is 9.59 Å². The summed E-state index contributed by atoms with van der Waals surface area (Å²) in [5, 5.41) is 4.50. The molecule has 0 aromatic heterocycles. The van der Waals surface area contributed by atoms with E-state index in [0.29, 0.717) is 0 Å². The van der Waals surface area contributed by atoms with Gasteiger partial charge in [-0.15, -0.1) is 0 Å². The SMILES string of the molecule is O=C1CNC(=S)C(=O)N1. The third kappa shape index (κ3) is 1.23. The van der Waals surface area contributed by atoms with E-state index >= 15 is 0 Å². The second-order valence-electron chi connectivity index (χ2n) is 1.56. The largest absolute Gasteiger partial charge is 0.363 e. The second kappa shape index (κ2) is 2.10. The van der Waals surface area contributed by atoms with Crippen LogP contribution in [0.5, 0.6) is 0 Å². The molecule has 2 amide bonds. The molecule has 1 rings (SSSR count). The van der Waals surface area contributed by atoms with Crippen LogP contribution in [0.1, 0.15) is 0 Å². The zero-order valence-corrected chi connectivity index (χ0v) is 5.25. The van der Waals surface area contributed by atoms with E-state index in [1.807, 2.05) is 5.32 Å². The van der Waals surface area contributed by atoms with Gasteiger partial charge in [0.2, 0.25) is 5.91 Å². The lowest BCUT2D eigenvalue weighted by Gasteiger charge is -2.12. The number of carbonyl (C=O) groups excluding carboxylic acids is 2. The first-order valence-corrected chi connectivity index (χ1v) is 2.73. The van der Waals surface area contributed by atoms with Gasteiger partial charge >= 0.3 is 0 Å². The van der Waals surface area contributed by atoms with Crippen LogP contribution in [0.15, 0.2) is 0 Å². The van der Waals surface area contributed by atoms with Gasteiger partial charge in [-0.05, 0) is 0 Å². The molecule has 1 fully saturated rings. The second-order valence-corrected chi connectivity index (χ2v) is 1.97. The molecular formula is C4H4N2O2S. The molecule has 4 nitrogen and oxygen atoms in total. The Labute approximate surface area is 56.6 Å². The number of carbonyl (C=O) groups is 2. The highest BCUT2D eigenvalue weighted by atomic mass is 32.1. The Kier molecular flexibility index (Phi) is 1.44. The molecule has 0 saturated carbocycles. The van der Waals surface area contributed by atoms with Crippen molar-refractivity contribution in [3.63, 3.8) is 0 Å². The molecule has 1 aliphatic heterocycles. The summed E-state index contributed by atoms with van der Waals surface area (Å²) >= 11 is 4.51.